The van der Waals surface area contributed by atoms with E-state index in [1.807, 2.05) is 0 Å². The number of carbonyl (C=O) groups is 1. The molecule has 2 aromatic rings. The summed E-state index contributed by atoms with van der Waals surface area (Å²) in [6.07, 6.45) is 0. The molecule has 0 aliphatic rings. The van der Waals surface area contributed by atoms with Gasteiger partial charge in [-0.2, -0.15) is 0 Å². The molecule has 104 valence electrons. The summed E-state index contributed by atoms with van der Waals surface area (Å²) in [5, 5.41) is 0.812. The minimum absolute atomic E-state index is 0.224. The summed E-state index contributed by atoms with van der Waals surface area (Å²) >= 11 is 11.9. The van der Waals surface area contributed by atoms with Crippen molar-refractivity contribution in [2.24, 2.45) is 0 Å². The molecule has 3 nitrogen and oxygen atoms in total. The van der Waals surface area contributed by atoms with Gasteiger partial charge in [-0.05, 0) is 36.4 Å². The Morgan fingerprint density at radius 1 is 0.950 bits per heavy atom. The Labute approximate surface area is 127 Å². The predicted octanol–water partition coefficient (Wildman–Crippen LogP) is 4.24. The summed E-state index contributed by atoms with van der Waals surface area (Å²) in [5.41, 5.74) is 0.804. The van der Waals surface area contributed by atoms with Crippen LogP contribution in [0.25, 0.3) is 0 Å². The van der Waals surface area contributed by atoms with Gasteiger partial charge in [0.2, 0.25) is 0 Å². The molecule has 0 bridgehead atoms. The van der Waals surface area contributed by atoms with Gasteiger partial charge in [0.1, 0.15) is 0 Å². The summed E-state index contributed by atoms with van der Waals surface area (Å²) < 4.78 is 10.3. The van der Waals surface area contributed by atoms with Crippen LogP contribution in [0.2, 0.25) is 10.0 Å². The summed E-state index contributed by atoms with van der Waals surface area (Å²) in [5.74, 6) is 0.816. The van der Waals surface area contributed by atoms with Crippen LogP contribution in [0.15, 0.2) is 36.4 Å². The van der Waals surface area contributed by atoms with Gasteiger partial charge in [0, 0.05) is 16.1 Å². The van der Waals surface area contributed by atoms with E-state index in [2.05, 4.69) is 0 Å². The largest absolute Gasteiger partial charge is 0.493 e. The third-order valence-corrected chi connectivity index (χ3v) is 3.38. The molecule has 0 amide bonds. The van der Waals surface area contributed by atoms with Crippen LogP contribution in [0.4, 0.5) is 0 Å². The molecular formula is C15H12Cl2O3. The topological polar surface area (TPSA) is 35.5 Å². The number of hydrogen-bond donors (Lipinski definition) is 0. The highest BCUT2D eigenvalue weighted by Gasteiger charge is 2.15. The standard InChI is InChI=1S/C15H12Cl2O3/c1-19-13-6-3-9(7-14(13)20-2)15(18)11-8-10(16)4-5-12(11)17/h3-8H,1-2H3. The fourth-order valence-corrected chi connectivity index (χ4v) is 2.18. The van der Waals surface area contributed by atoms with Crippen LogP contribution < -0.4 is 9.47 Å². The third-order valence-electron chi connectivity index (χ3n) is 2.82. The first-order chi connectivity index (χ1) is 9.56. The van der Waals surface area contributed by atoms with Gasteiger partial charge in [0.15, 0.2) is 17.3 Å². The van der Waals surface area contributed by atoms with Crippen LogP contribution in [0.5, 0.6) is 11.5 Å². The lowest BCUT2D eigenvalue weighted by atomic mass is 10.0. The van der Waals surface area contributed by atoms with Crippen LogP contribution in [0.3, 0.4) is 0 Å². The van der Waals surface area contributed by atoms with E-state index >= 15 is 0 Å². The van der Waals surface area contributed by atoms with Crippen molar-refractivity contribution in [2.75, 3.05) is 14.2 Å². The zero-order valence-electron chi connectivity index (χ0n) is 10.9. The van der Waals surface area contributed by atoms with Crippen LogP contribution >= 0.6 is 23.2 Å². The number of ether oxygens (including phenoxy) is 2. The van der Waals surface area contributed by atoms with Crippen molar-refractivity contribution in [3.63, 3.8) is 0 Å². The van der Waals surface area contributed by atoms with Crippen molar-refractivity contribution < 1.29 is 14.3 Å². The van der Waals surface area contributed by atoms with Crippen molar-refractivity contribution in [3.05, 3.63) is 57.6 Å². The molecule has 0 saturated carbocycles. The van der Waals surface area contributed by atoms with Gasteiger partial charge in [0.05, 0.1) is 19.2 Å². The Bertz CT molecular complexity index is 654. The van der Waals surface area contributed by atoms with E-state index in [9.17, 15) is 4.79 Å². The predicted molar refractivity (Wildman–Crippen MR) is 79.4 cm³/mol. The summed E-state index contributed by atoms with van der Waals surface area (Å²) in [6, 6.07) is 9.71. The summed E-state index contributed by atoms with van der Waals surface area (Å²) in [6.45, 7) is 0. The molecule has 0 atom stereocenters. The number of ketones is 1. The summed E-state index contributed by atoms with van der Waals surface area (Å²) in [7, 11) is 3.05. The van der Waals surface area contributed by atoms with E-state index in [0.29, 0.717) is 32.7 Å². The lowest BCUT2D eigenvalue weighted by molar-refractivity contribution is 0.103. The maximum atomic E-state index is 12.4. The Kier molecular flexibility index (Phi) is 4.53. The molecule has 2 rings (SSSR count). The maximum Gasteiger partial charge on any atom is 0.194 e. The van der Waals surface area contributed by atoms with Gasteiger partial charge in [0.25, 0.3) is 0 Å². The number of halogens is 2. The smallest absolute Gasteiger partial charge is 0.194 e. The first kappa shape index (κ1) is 14.7. The second-order valence-corrected chi connectivity index (χ2v) is 4.87. The Morgan fingerprint density at radius 2 is 1.65 bits per heavy atom. The molecule has 0 saturated heterocycles. The average Bonchev–Trinajstić information content (AvgIpc) is 2.48. The van der Waals surface area contributed by atoms with Crippen LogP contribution in [0.1, 0.15) is 15.9 Å². The molecule has 5 heteroatoms. The molecule has 0 aliphatic carbocycles. The van der Waals surface area contributed by atoms with Gasteiger partial charge in [-0.3, -0.25) is 4.79 Å². The van der Waals surface area contributed by atoms with Crippen LogP contribution in [-0.2, 0) is 0 Å². The van der Waals surface area contributed by atoms with Gasteiger partial charge in [-0.25, -0.2) is 0 Å². The normalized spacial score (nSPS) is 10.2. The zero-order chi connectivity index (χ0) is 14.7. The maximum absolute atomic E-state index is 12.4. The minimum Gasteiger partial charge on any atom is -0.493 e. The first-order valence-electron chi connectivity index (χ1n) is 5.78. The van der Waals surface area contributed by atoms with E-state index in [1.54, 1.807) is 36.4 Å². The molecule has 0 aromatic heterocycles. The van der Waals surface area contributed by atoms with E-state index in [-0.39, 0.29) is 5.78 Å². The van der Waals surface area contributed by atoms with Gasteiger partial charge >= 0.3 is 0 Å². The molecule has 0 radical (unpaired) electrons. The number of methoxy groups -OCH3 is 2. The average molecular weight is 311 g/mol. The number of hydrogen-bond acceptors (Lipinski definition) is 3. The van der Waals surface area contributed by atoms with Crippen LogP contribution in [-0.4, -0.2) is 20.0 Å². The lowest BCUT2D eigenvalue weighted by Crippen LogP contribution is -2.03. The van der Waals surface area contributed by atoms with Gasteiger partial charge < -0.3 is 9.47 Å². The highest BCUT2D eigenvalue weighted by atomic mass is 35.5. The number of rotatable bonds is 4. The Balaban J connectivity index is 2.45. The summed E-state index contributed by atoms with van der Waals surface area (Å²) in [4.78, 5) is 12.4. The van der Waals surface area contributed by atoms with Crippen molar-refractivity contribution in [3.8, 4) is 11.5 Å². The van der Waals surface area contributed by atoms with E-state index in [1.165, 1.54) is 14.2 Å². The van der Waals surface area contributed by atoms with Crippen molar-refractivity contribution in [1.29, 1.82) is 0 Å². The van der Waals surface area contributed by atoms with E-state index < -0.39 is 0 Å². The van der Waals surface area contributed by atoms with Gasteiger partial charge in [-0.1, -0.05) is 23.2 Å². The highest BCUT2D eigenvalue weighted by molar-refractivity contribution is 6.36. The van der Waals surface area contributed by atoms with E-state index in [0.717, 1.165) is 0 Å². The highest BCUT2D eigenvalue weighted by Crippen LogP contribution is 2.30. The van der Waals surface area contributed by atoms with Crippen LogP contribution in [0, 0.1) is 0 Å². The number of benzene rings is 2. The fraction of sp³-hybridized carbons (Fsp3) is 0.133. The SMILES string of the molecule is COc1ccc(C(=O)c2cc(Cl)ccc2Cl)cc1OC. The van der Waals surface area contributed by atoms with Gasteiger partial charge in [-0.15, -0.1) is 0 Å². The van der Waals surface area contributed by atoms with Crippen molar-refractivity contribution >= 4 is 29.0 Å². The van der Waals surface area contributed by atoms with E-state index in [4.69, 9.17) is 32.7 Å². The zero-order valence-corrected chi connectivity index (χ0v) is 12.5. The van der Waals surface area contributed by atoms with Crippen molar-refractivity contribution in [1.82, 2.24) is 0 Å². The molecule has 20 heavy (non-hydrogen) atoms. The molecule has 0 fully saturated rings. The molecular weight excluding hydrogens is 299 g/mol. The number of carbonyl (C=O) groups excluding carboxylic acids is 1. The fourth-order valence-electron chi connectivity index (χ4n) is 1.80. The molecule has 2 aromatic carbocycles. The monoisotopic (exact) mass is 310 g/mol. The molecule has 0 aliphatic heterocycles. The molecule has 0 heterocycles. The second-order valence-electron chi connectivity index (χ2n) is 4.02. The van der Waals surface area contributed by atoms with Crippen molar-refractivity contribution in [2.45, 2.75) is 0 Å². The Hall–Kier alpha value is -1.71. The second kappa shape index (κ2) is 6.16. The molecule has 0 unspecified atom stereocenters. The third kappa shape index (κ3) is 2.89. The quantitative estimate of drug-likeness (QED) is 0.792. The minimum atomic E-state index is -0.224. The molecule has 0 N–H and O–H groups in total. The Morgan fingerprint density at radius 3 is 2.30 bits per heavy atom. The molecule has 0 spiro atoms. The first-order valence-corrected chi connectivity index (χ1v) is 6.54. The lowest BCUT2D eigenvalue weighted by Gasteiger charge is -2.10.